The second-order valence-corrected chi connectivity index (χ2v) is 19.3. The topological polar surface area (TPSA) is 46.2 Å². The second-order valence-electron chi connectivity index (χ2n) is 7.73. The first kappa shape index (κ1) is 28.4. The van der Waals surface area contributed by atoms with Crippen LogP contribution in [0.5, 0.6) is 0 Å². The quantitative estimate of drug-likeness (QED) is 0.407. The van der Waals surface area contributed by atoms with Crippen LogP contribution in [0.4, 0.5) is 0 Å². The lowest BCUT2D eigenvalue weighted by Gasteiger charge is -2.40. The molecule has 0 bridgehead atoms. The van der Waals surface area contributed by atoms with Crippen LogP contribution in [-0.2, 0) is 23.3 Å². The molecule has 0 aromatic rings. The van der Waals surface area contributed by atoms with Crippen LogP contribution >= 0.6 is 50.8 Å². The molecule has 0 amide bonds. The third-order valence-corrected chi connectivity index (χ3v) is 7.73. The van der Waals surface area contributed by atoms with Crippen molar-refractivity contribution >= 4 is 50.8 Å². The summed E-state index contributed by atoms with van der Waals surface area (Å²) < 4.78 is 28.6. The van der Waals surface area contributed by atoms with Crippen LogP contribution < -0.4 is 0 Å². The first-order valence-corrected chi connectivity index (χ1v) is 18.8. The van der Waals surface area contributed by atoms with Gasteiger partial charge in [0.05, 0.1) is 46.6 Å². The maximum Gasteiger partial charge on any atom is 0.162 e. The second kappa shape index (κ2) is 14.5. The minimum Gasteiger partial charge on any atom is -0.378 e. The van der Waals surface area contributed by atoms with Gasteiger partial charge in [0.2, 0.25) is 0 Å². The summed E-state index contributed by atoms with van der Waals surface area (Å²) in [6, 6.07) is 0. The zero-order chi connectivity index (χ0) is 21.4. The molecule has 5 nitrogen and oxygen atoms in total. The maximum atomic E-state index is 5.92. The average molecular weight is 510 g/mol. The van der Waals surface area contributed by atoms with Gasteiger partial charge in [-0.25, -0.2) is 0 Å². The van der Waals surface area contributed by atoms with Gasteiger partial charge in [-0.05, 0) is 13.8 Å². The zero-order valence-corrected chi connectivity index (χ0v) is 24.4. The summed E-state index contributed by atoms with van der Waals surface area (Å²) in [5.74, 6) is 1.73. The van der Waals surface area contributed by atoms with E-state index in [-0.39, 0.29) is 12.4 Å². The summed E-state index contributed by atoms with van der Waals surface area (Å²) in [5.41, 5.74) is 0. The molecule has 0 radical (unpaired) electrons. The fourth-order valence-corrected chi connectivity index (χ4v) is 6.60. The van der Waals surface area contributed by atoms with Crippen molar-refractivity contribution in [3.8, 4) is 0 Å². The molecular formula is C17H40O5P6. The number of ether oxygens (including phenoxy) is 3. The minimum absolute atomic E-state index is 0.110. The Morgan fingerprint density at radius 2 is 1.25 bits per heavy atom. The first-order valence-electron chi connectivity index (χ1n) is 9.85. The highest BCUT2D eigenvalue weighted by atomic mass is 32.4. The third-order valence-electron chi connectivity index (χ3n) is 5.29. The van der Waals surface area contributed by atoms with Gasteiger partial charge >= 0.3 is 0 Å². The number of rotatable bonds is 6. The number of hydrogen-bond acceptors (Lipinski definition) is 5. The van der Waals surface area contributed by atoms with Crippen LogP contribution in [0.3, 0.4) is 0 Å². The van der Waals surface area contributed by atoms with E-state index in [1.54, 1.807) is 0 Å². The monoisotopic (exact) mass is 510 g/mol. The summed E-state index contributed by atoms with van der Waals surface area (Å²) in [7, 11) is 9.93. The highest BCUT2D eigenvalue weighted by Gasteiger charge is 2.37. The van der Waals surface area contributed by atoms with Crippen molar-refractivity contribution in [2.45, 2.75) is 66.1 Å². The van der Waals surface area contributed by atoms with Crippen molar-refractivity contribution in [2.75, 3.05) is 19.8 Å². The van der Waals surface area contributed by atoms with Gasteiger partial charge in [-0.2, -0.15) is 0 Å². The van der Waals surface area contributed by atoms with Crippen molar-refractivity contribution in [1.82, 2.24) is 0 Å². The van der Waals surface area contributed by atoms with Gasteiger partial charge in [-0.3, -0.25) is 0 Å². The molecule has 2 rings (SSSR count). The Morgan fingerprint density at radius 3 is 1.71 bits per heavy atom. The molecule has 0 aromatic carbocycles. The number of hydrogen-bond donors (Lipinski definition) is 0. The molecule has 0 saturated carbocycles. The van der Waals surface area contributed by atoms with Gasteiger partial charge in [0.25, 0.3) is 0 Å². The standard InChI is InChI=1S/C9H21O3P3.C8H19O2P3/c1-4-10-9-7(3)8(12-15(13)14)6(2)5-11-9;1-5-4-9-7(3)6(2)8(5)10-13(11)12/h6-9H,4-5,13-14H2,1-3H3;5-8H,4,11-12H2,1-3H3. The molecule has 2 fully saturated rings. The molecule has 2 aliphatic rings. The molecule has 168 valence electrons. The Bertz CT molecular complexity index is 433. The lowest BCUT2D eigenvalue weighted by atomic mass is 9.88. The van der Waals surface area contributed by atoms with E-state index in [0.29, 0.717) is 42.5 Å². The lowest BCUT2D eigenvalue weighted by molar-refractivity contribution is -0.223. The lowest BCUT2D eigenvalue weighted by Crippen LogP contribution is -2.45. The van der Waals surface area contributed by atoms with Crippen LogP contribution in [-0.4, -0.2) is 44.4 Å². The van der Waals surface area contributed by atoms with E-state index < -0.39 is 15.1 Å². The van der Waals surface area contributed by atoms with E-state index in [1.165, 1.54) is 0 Å². The van der Waals surface area contributed by atoms with Gasteiger partial charge in [-0.15, -0.1) is 0 Å². The van der Waals surface area contributed by atoms with Gasteiger partial charge in [0.15, 0.2) is 6.29 Å². The average Bonchev–Trinajstić information content (AvgIpc) is 2.62. The van der Waals surface area contributed by atoms with Crippen LogP contribution in [0.25, 0.3) is 0 Å². The highest BCUT2D eigenvalue weighted by molar-refractivity contribution is 8.41. The van der Waals surface area contributed by atoms with E-state index in [0.717, 1.165) is 13.2 Å². The van der Waals surface area contributed by atoms with E-state index in [1.807, 2.05) is 6.92 Å². The molecule has 0 aliphatic carbocycles. The fraction of sp³-hybridized carbons (Fsp3) is 1.00. The van der Waals surface area contributed by atoms with Crippen LogP contribution in [0, 0.1) is 23.7 Å². The van der Waals surface area contributed by atoms with Crippen molar-refractivity contribution in [2.24, 2.45) is 23.7 Å². The van der Waals surface area contributed by atoms with Crippen molar-refractivity contribution in [3.63, 3.8) is 0 Å². The smallest absolute Gasteiger partial charge is 0.162 e. The molecule has 2 saturated heterocycles. The predicted octanol–water partition coefficient (Wildman–Crippen LogP) is 6.05. The summed E-state index contributed by atoms with van der Waals surface area (Å²) in [5, 5.41) is 0. The molecule has 28 heavy (non-hydrogen) atoms. The molecule has 12 unspecified atom stereocenters. The summed E-state index contributed by atoms with van der Waals surface area (Å²) >= 11 is 0. The first-order chi connectivity index (χ1) is 13.1. The van der Waals surface area contributed by atoms with Crippen molar-refractivity contribution in [3.05, 3.63) is 0 Å². The maximum absolute atomic E-state index is 5.92. The van der Waals surface area contributed by atoms with Crippen LogP contribution in [0.15, 0.2) is 0 Å². The molecule has 0 spiro atoms. The Morgan fingerprint density at radius 1 is 0.786 bits per heavy atom. The molecule has 0 aromatic heterocycles. The van der Waals surface area contributed by atoms with Gasteiger partial charge in [-0.1, -0.05) is 63.4 Å². The normalized spacial score (nSPS) is 39.0. The minimum atomic E-state index is -0.483. The van der Waals surface area contributed by atoms with Crippen molar-refractivity contribution in [1.29, 1.82) is 0 Å². The Labute approximate surface area is 183 Å². The molecular weight excluding hydrogens is 470 g/mol. The van der Waals surface area contributed by atoms with E-state index in [4.69, 9.17) is 23.3 Å². The predicted molar refractivity (Wildman–Crippen MR) is 136 cm³/mol. The van der Waals surface area contributed by atoms with E-state index in [9.17, 15) is 0 Å². The Kier molecular flexibility index (Phi) is 14.7. The molecule has 12 atom stereocenters. The van der Waals surface area contributed by atoms with Crippen LogP contribution in [0.2, 0.25) is 0 Å². The third kappa shape index (κ3) is 9.48. The van der Waals surface area contributed by atoms with Gasteiger partial charge in [0.1, 0.15) is 0 Å². The largest absolute Gasteiger partial charge is 0.378 e. The SMILES string of the molecule is CC1COC(C)C(C)C1OP(P)P.CCOC1OCC(C)C(OP(P)P)C1C. The van der Waals surface area contributed by atoms with Gasteiger partial charge < -0.3 is 23.3 Å². The summed E-state index contributed by atoms with van der Waals surface area (Å²) in [6.07, 6.45) is 0.800. The molecule has 2 aliphatic heterocycles. The zero-order valence-electron chi connectivity index (χ0n) is 18.0. The molecule has 0 N–H and O–H groups in total. The Hall–Kier alpha value is 2.38. The summed E-state index contributed by atoms with van der Waals surface area (Å²) in [6.45, 7) is 15.1. The van der Waals surface area contributed by atoms with Crippen LogP contribution in [0.1, 0.15) is 41.5 Å². The summed E-state index contributed by atoms with van der Waals surface area (Å²) in [4.78, 5) is 0. The highest BCUT2D eigenvalue weighted by Crippen LogP contribution is 2.57. The van der Waals surface area contributed by atoms with Gasteiger partial charge in [0, 0.05) is 30.3 Å². The molecule has 11 heteroatoms. The van der Waals surface area contributed by atoms with E-state index in [2.05, 4.69) is 70.3 Å². The fourth-order valence-electron chi connectivity index (χ4n) is 3.55. The Balaban J connectivity index is 0.000000283. The van der Waals surface area contributed by atoms with Crippen molar-refractivity contribution < 1.29 is 23.3 Å². The van der Waals surface area contributed by atoms with E-state index >= 15 is 0 Å². The molecule has 2 heterocycles.